The molecule has 0 spiro atoms. The molecule has 262 valence electrons. The van der Waals surface area contributed by atoms with Gasteiger partial charge in [-0.3, -0.25) is 23.8 Å². The maximum atomic E-state index is 16.0. The molecule has 16 heteroatoms. The number of methoxy groups -OCH3 is 1. The van der Waals surface area contributed by atoms with Crippen LogP contribution in [0, 0.1) is 11.6 Å². The van der Waals surface area contributed by atoms with E-state index in [2.05, 4.69) is 5.09 Å². The molecule has 13 nitrogen and oxygen atoms in total. The van der Waals surface area contributed by atoms with Gasteiger partial charge < -0.3 is 24.0 Å². The summed E-state index contributed by atoms with van der Waals surface area (Å²) >= 11 is 0. The van der Waals surface area contributed by atoms with Gasteiger partial charge in [0.05, 0.1) is 31.2 Å². The van der Waals surface area contributed by atoms with Crippen LogP contribution < -0.4 is 20.0 Å². The Labute approximate surface area is 285 Å². The van der Waals surface area contributed by atoms with Crippen LogP contribution in [-0.4, -0.2) is 81.5 Å². The number of hydrogen-bond donors (Lipinski definition) is 3. The van der Waals surface area contributed by atoms with Crippen molar-refractivity contribution in [3.63, 3.8) is 0 Å². The van der Waals surface area contributed by atoms with Gasteiger partial charge in [-0.05, 0) is 49.6 Å². The topological polar surface area (TPSA) is 140 Å². The number of amides is 1. The molecule has 8 rings (SSSR count). The molecule has 1 saturated heterocycles. The summed E-state index contributed by atoms with van der Waals surface area (Å²) < 4.78 is 57.1. The van der Waals surface area contributed by atoms with E-state index < -0.39 is 60.9 Å². The molecule has 3 aliphatic heterocycles. The number of aliphatic hydroxyl groups is 1. The third-order valence-corrected chi connectivity index (χ3v) is 11.5. The summed E-state index contributed by atoms with van der Waals surface area (Å²) in [5.41, 5.74) is 0.272. The van der Waals surface area contributed by atoms with E-state index >= 15 is 8.78 Å². The number of aromatic nitrogens is 2. The first kappa shape index (κ1) is 33.0. The maximum Gasteiger partial charge on any atom is 0.544 e. The number of nitrogens with zero attached hydrogens (tertiary/aromatic N) is 4. The molecule has 2 aromatic carbocycles. The van der Waals surface area contributed by atoms with Crippen molar-refractivity contribution in [3.05, 3.63) is 106 Å². The van der Waals surface area contributed by atoms with E-state index in [4.69, 9.17) is 18.5 Å². The van der Waals surface area contributed by atoms with E-state index in [0.29, 0.717) is 35.3 Å². The van der Waals surface area contributed by atoms with Crippen molar-refractivity contribution < 1.29 is 42.1 Å². The molecule has 4 atom stereocenters. The second kappa shape index (κ2) is 12.2. The third kappa shape index (κ3) is 5.07. The molecule has 1 aliphatic carbocycles. The van der Waals surface area contributed by atoms with Crippen LogP contribution in [0.5, 0.6) is 5.75 Å². The number of carbonyl (C=O) groups is 1. The Morgan fingerprint density at radius 1 is 1.08 bits per heavy atom. The largest absolute Gasteiger partial charge is 0.544 e. The van der Waals surface area contributed by atoms with Crippen LogP contribution in [-0.2, 0) is 14.0 Å². The lowest BCUT2D eigenvalue weighted by Crippen LogP contribution is -2.66. The highest BCUT2D eigenvalue weighted by Gasteiger charge is 2.62. The first-order valence-corrected chi connectivity index (χ1v) is 17.8. The van der Waals surface area contributed by atoms with Crippen LogP contribution in [0.2, 0.25) is 0 Å². The molecule has 4 aromatic rings. The highest BCUT2D eigenvalue weighted by Crippen LogP contribution is 2.59. The fourth-order valence-electron chi connectivity index (χ4n) is 7.28. The summed E-state index contributed by atoms with van der Waals surface area (Å²) in [6, 6.07) is 13.8. The van der Waals surface area contributed by atoms with E-state index in [9.17, 15) is 19.6 Å². The Morgan fingerprint density at radius 3 is 2.64 bits per heavy atom. The number of aliphatic hydroxyl groups excluding tert-OH is 1. The van der Waals surface area contributed by atoms with E-state index in [1.54, 1.807) is 39.7 Å². The highest BCUT2D eigenvalue weighted by molar-refractivity contribution is 7.59. The average molecular weight is 711 g/mol. The second-order valence-corrected chi connectivity index (χ2v) is 14.3. The molecule has 0 bridgehead atoms. The lowest BCUT2D eigenvalue weighted by Gasteiger charge is -2.51. The predicted molar refractivity (Wildman–Crippen MR) is 177 cm³/mol. The SMILES string of the molecule is CCO[P+](O)(NC1(C(O)OC)CC1)Oc1c2n(ccc1=O)N(C1c3ccccc3-n3cccc3-c3c1ccc(F)c3F)C1COCCN1C2=O. The standard InChI is InChI=1S/C34H35F2N5O8P/c1-3-48-50(45,37-34(13-14-34)33(44)46-2)49-31-25(42)12-16-40-30(31)32(43)39-17-18-47-19-26(39)41(40)29-20-7-4-5-8-23(20)38-15-6-9-24(38)27-21(29)10-11-22(35)28(27)36/h4-12,15-16,26,29,33,37,44-45H,3,13-14,17-19H2,1-2H3/q+1. The van der Waals surface area contributed by atoms with Gasteiger partial charge >= 0.3 is 8.09 Å². The van der Waals surface area contributed by atoms with E-state index in [0.717, 1.165) is 6.07 Å². The molecule has 50 heavy (non-hydrogen) atoms. The zero-order valence-electron chi connectivity index (χ0n) is 27.2. The zero-order valence-corrected chi connectivity index (χ0v) is 28.1. The Hall–Kier alpha value is -4.21. The minimum atomic E-state index is -4.17. The predicted octanol–water partition coefficient (Wildman–Crippen LogP) is 3.61. The molecule has 1 saturated carbocycles. The van der Waals surface area contributed by atoms with Crippen LogP contribution in [0.25, 0.3) is 16.9 Å². The van der Waals surface area contributed by atoms with Crippen molar-refractivity contribution in [2.24, 2.45) is 0 Å². The first-order valence-electron chi connectivity index (χ1n) is 16.3. The smallest absolute Gasteiger partial charge is 0.375 e. The summed E-state index contributed by atoms with van der Waals surface area (Å²) in [6.45, 7) is 2.01. The van der Waals surface area contributed by atoms with E-state index in [1.807, 2.05) is 24.3 Å². The maximum absolute atomic E-state index is 16.0. The quantitative estimate of drug-likeness (QED) is 0.175. The monoisotopic (exact) mass is 710 g/mol. The Morgan fingerprint density at radius 2 is 1.88 bits per heavy atom. The Kier molecular flexibility index (Phi) is 8.07. The van der Waals surface area contributed by atoms with Crippen LogP contribution >= 0.6 is 8.09 Å². The van der Waals surface area contributed by atoms with Crippen molar-refractivity contribution in [1.29, 1.82) is 0 Å². The number of carbonyl (C=O) groups excluding carboxylic acids is 1. The summed E-state index contributed by atoms with van der Waals surface area (Å²) in [4.78, 5) is 41.4. The van der Waals surface area contributed by atoms with Crippen molar-refractivity contribution >= 4 is 14.0 Å². The number of benzene rings is 2. The number of hydrogen-bond acceptors (Lipinski definition) is 10. The van der Waals surface area contributed by atoms with E-state index in [-0.39, 0.29) is 37.6 Å². The minimum absolute atomic E-state index is 0.0308. The number of fused-ring (bicyclic) bond motifs is 7. The van der Waals surface area contributed by atoms with Crippen molar-refractivity contribution in [2.75, 3.05) is 38.5 Å². The number of para-hydroxylation sites is 1. The van der Waals surface area contributed by atoms with Crippen LogP contribution in [0.15, 0.2) is 71.8 Å². The molecule has 2 aromatic heterocycles. The van der Waals surface area contributed by atoms with Gasteiger partial charge in [0.1, 0.15) is 17.7 Å². The minimum Gasteiger partial charge on any atom is -0.375 e. The molecule has 4 unspecified atom stereocenters. The van der Waals surface area contributed by atoms with Gasteiger partial charge in [0.2, 0.25) is 5.43 Å². The molecular formula is C34H35F2N5O8P+. The van der Waals surface area contributed by atoms with Gasteiger partial charge in [0, 0.05) is 43.2 Å². The fraction of sp³-hybridized carbons (Fsp3) is 0.353. The van der Waals surface area contributed by atoms with Gasteiger partial charge in [-0.15, -0.1) is 0 Å². The number of morpholine rings is 1. The number of rotatable bonds is 9. The number of nitrogens with one attached hydrogen (secondary N) is 1. The van der Waals surface area contributed by atoms with Gasteiger partial charge in [0.25, 0.3) is 11.7 Å². The number of halogens is 2. The molecule has 4 aliphatic rings. The van der Waals surface area contributed by atoms with Crippen molar-refractivity contribution in [1.82, 2.24) is 19.2 Å². The average Bonchev–Trinajstić information content (AvgIpc) is 3.76. The van der Waals surface area contributed by atoms with Crippen molar-refractivity contribution in [3.8, 4) is 22.7 Å². The van der Waals surface area contributed by atoms with Gasteiger partial charge in [0.15, 0.2) is 23.6 Å². The summed E-state index contributed by atoms with van der Waals surface area (Å²) in [5, 5.41) is 15.2. The summed E-state index contributed by atoms with van der Waals surface area (Å²) in [7, 11) is -2.86. The zero-order chi connectivity index (χ0) is 34.9. The molecule has 5 heterocycles. The number of pyridine rings is 1. The summed E-state index contributed by atoms with van der Waals surface area (Å²) in [6.07, 6.45) is 1.97. The third-order valence-electron chi connectivity index (χ3n) is 9.71. The lowest BCUT2D eigenvalue weighted by molar-refractivity contribution is -0.102. The van der Waals surface area contributed by atoms with Crippen LogP contribution in [0.4, 0.5) is 8.78 Å². The lowest BCUT2D eigenvalue weighted by atomic mass is 9.91. The number of ether oxygens (including phenoxy) is 2. The van der Waals surface area contributed by atoms with Crippen molar-refractivity contribution in [2.45, 2.75) is 43.8 Å². The molecule has 2 fully saturated rings. The molecule has 0 radical (unpaired) electrons. The van der Waals surface area contributed by atoms with Gasteiger partial charge in [-0.1, -0.05) is 29.4 Å². The van der Waals surface area contributed by atoms with Gasteiger partial charge in [-0.2, -0.15) is 9.42 Å². The van der Waals surface area contributed by atoms with E-state index in [1.165, 1.54) is 30.1 Å². The van der Waals surface area contributed by atoms with Gasteiger partial charge in [-0.25, -0.2) is 8.78 Å². The fourth-order valence-corrected chi connectivity index (χ4v) is 9.12. The highest BCUT2D eigenvalue weighted by atomic mass is 31.2. The van der Waals surface area contributed by atoms with Crippen LogP contribution in [0.1, 0.15) is 47.4 Å². The second-order valence-electron chi connectivity index (χ2n) is 12.6. The molecule has 3 N–H and O–H groups in total. The Balaban J connectivity index is 1.35. The first-order chi connectivity index (χ1) is 24.1. The van der Waals surface area contributed by atoms with Crippen LogP contribution in [0.3, 0.4) is 0 Å². The molecule has 1 amide bonds. The Bertz CT molecular complexity index is 2060. The molecular weight excluding hydrogens is 675 g/mol. The summed E-state index contributed by atoms with van der Waals surface area (Å²) in [5.74, 6) is -3.09. The normalized spacial score (nSPS) is 21.9.